The van der Waals surface area contributed by atoms with Crippen LogP contribution in [0, 0.1) is 11.8 Å². The number of amides is 2. The van der Waals surface area contributed by atoms with Crippen molar-refractivity contribution in [3.63, 3.8) is 0 Å². The van der Waals surface area contributed by atoms with Crippen molar-refractivity contribution in [1.82, 2.24) is 10.2 Å². The summed E-state index contributed by atoms with van der Waals surface area (Å²) in [5.74, 6) is 1.72. The quantitative estimate of drug-likeness (QED) is 0.873. The van der Waals surface area contributed by atoms with Crippen LogP contribution in [0.1, 0.15) is 43.7 Å². The molecule has 2 fully saturated rings. The van der Waals surface area contributed by atoms with Crippen LogP contribution in [0.4, 0.5) is 0 Å². The van der Waals surface area contributed by atoms with Crippen molar-refractivity contribution in [2.24, 2.45) is 11.8 Å². The van der Waals surface area contributed by atoms with Crippen LogP contribution in [0.15, 0.2) is 23.1 Å². The SMILES string of the molecule is O=C(N[C@H]1CCSc2ccc(Cl)cc21)C1CCN(C(=O)C2CC2)CC1. The lowest BCUT2D eigenvalue weighted by Gasteiger charge is -2.33. The number of thioether (sulfide) groups is 1. The molecule has 1 N–H and O–H groups in total. The number of halogens is 1. The second kappa shape index (κ2) is 7.20. The Kier molecular flexibility index (Phi) is 4.96. The highest BCUT2D eigenvalue weighted by Gasteiger charge is 2.36. The third-order valence-electron chi connectivity index (χ3n) is 5.43. The first kappa shape index (κ1) is 17.2. The fraction of sp³-hybridized carbons (Fsp3) is 0.579. The average molecular weight is 379 g/mol. The zero-order valence-corrected chi connectivity index (χ0v) is 15.7. The molecule has 0 unspecified atom stereocenters. The number of likely N-dealkylation sites (tertiary alicyclic amines) is 1. The lowest BCUT2D eigenvalue weighted by atomic mass is 9.94. The highest BCUT2D eigenvalue weighted by Crippen LogP contribution is 2.38. The van der Waals surface area contributed by atoms with Gasteiger partial charge in [-0.25, -0.2) is 0 Å². The van der Waals surface area contributed by atoms with Crippen molar-refractivity contribution < 1.29 is 9.59 Å². The Morgan fingerprint density at radius 3 is 2.56 bits per heavy atom. The van der Waals surface area contributed by atoms with Gasteiger partial charge in [-0.15, -0.1) is 11.8 Å². The minimum atomic E-state index is 0.0143. The van der Waals surface area contributed by atoms with Crippen LogP contribution in [0.3, 0.4) is 0 Å². The third kappa shape index (κ3) is 3.82. The fourth-order valence-electron chi connectivity index (χ4n) is 3.76. The minimum absolute atomic E-state index is 0.0143. The number of piperidine rings is 1. The summed E-state index contributed by atoms with van der Waals surface area (Å²) in [6, 6.07) is 5.98. The van der Waals surface area contributed by atoms with Gasteiger partial charge in [-0.3, -0.25) is 9.59 Å². The van der Waals surface area contributed by atoms with Crippen molar-refractivity contribution >= 4 is 35.2 Å². The van der Waals surface area contributed by atoms with Gasteiger partial charge >= 0.3 is 0 Å². The van der Waals surface area contributed by atoms with Gasteiger partial charge in [0.05, 0.1) is 6.04 Å². The molecular formula is C19H23ClN2O2S. The first-order valence-electron chi connectivity index (χ1n) is 9.13. The maximum atomic E-state index is 12.7. The number of carbonyl (C=O) groups is 2. The van der Waals surface area contributed by atoms with Crippen LogP contribution in [0.5, 0.6) is 0 Å². The highest BCUT2D eigenvalue weighted by atomic mass is 35.5. The van der Waals surface area contributed by atoms with E-state index in [0.717, 1.165) is 56.5 Å². The van der Waals surface area contributed by atoms with Crippen molar-refractivity contribution in [3.05, 3.63) is 28.8 Å². The minimum Gasteiger partial charge on any atom is -0.349 e. The molecule has 2 amide bonds. The predicted octanol–water partition coefficient (Wildman–Crippen LogP) is 3.64. The summed E-state index contributed by atoms with van der Waals surface area (Å²) in [5, 5.41) is 3.95. The highest BCUT2D eigenvalue weighted by molar-refractivity contribution is 7.99. The van der Waals surface area contributed by atoms with Gasteiger partial charge in [-0.1, -0.05) is 11.6 Å². The third-order valence-corrected chi connectivity index (χ3v) is 6.79. The summed E-state index contributed by atoms with van der Waals surface area (Å²) in [7, 11) is 0. The molecule has 1 aliphatic carbocycles. The zero-order chi connectivity index (χ0) is 17.4. The van der Waals surface area contributed by atoms with E-state index in [2.05, 4.69) is 5.32 Å². The molecule has 0 bridgehead atoms. The molecule has 1 atom stereocenters. The van der Waals surface area contributed by atoms with E-state index in [1.165, 1.54) is 4.90 Å². The molecule has 3 aliphatic rings. The van der Waals surface area contributed by atoms with Crippen molar-refractivity contribution in [3.8, 4) is 0 Å². The Hall–Kier alpha value is -1.20. The summed E-state index contributed by atoms with van der Waals surface area (Å²) in [4.78, 5) is 28.0. The monoisotopic (exact) mass is 378 g/mol. The van der Waals surface area contributed by atoms with Crippen LogP contribution in [0.25, 0.3) is 0 Å². The molecular weight excluding hydrogens is 356 g/mol. The van der Waals surface area contributed by atoms with E-state index in [-0.39, 0.29) is 23.8 Å². The van der Waals surface area contributed by atoms with Gasteiger partial charge in [0.2, 0.25) is 11.8 Å². The lowest BCUT2D eigenvalue weighted by molar-refractivity contribution is -0.136. The molecule has 1 aromatic rings. The lowest BCUT2D eigenvalue weighted by Crippen LogP contribution is -2.44. The Morgan fingerprint density at radius 1 is 1.08 bits per heavy atom. The van der Waals surface area contributed by atoms with Crippen LogP contribution in [0.2, 0.25) is 5.02 Å². The van der Waals surface area contributed by atoms with Crippen molar-refractivity contribution in [2.45, 2.75) is 43.0 Å². The van der Waals surface area contributed by atoms with E-state index >= 15 is 0 Å². The predicted molar refractivity (Wildman–Crippen MR) is 99.7 cm³/mol. The number of nitrogens with zero attached hydrogens (tertiary/aromatic N) is 1. The maximum Gasteiger partial charge on any atom is 0.225 e. The molecule has 6 heteroatoms. The molecule has 1 saturated carbocycles. The largest absolute Gasteiger partial charge is 0.349 e. The molecule has 4 nitrogen and oxygen atoms in total. The molecule has 1 aromatic carbocycles. The van der Waals surface area contributed by atoms with Gasteiger partial charge in [0.1, 0.15) is 0 Å². The second-order valence-electron chi connectivity index (χ2n) is 7.25. The van der Waals surface area contributed by atoms with Crippen LogP contribution >= 0.6 is 23.4 Å². The van der Waals surface area contributed by atoms with E-state index < -0.39 is 0 Å². The van der Waals surface area contributed by atoms with Crippen LogP contribution in [-0.2, 0) is 9.59 Å². The number of nitrogens with one attached hydrogen (secondary N) is 1. The molecule has 2 aliphatic heterocycles. The second-order valence-corrected chi connectivity index (χ2v) is 8.83. The molecule has 1 saturated heterocycles. The van der Waals surface area contributed by atoms with Gasteiger partial charge in [-0.2, -0.15) is 0 Å². The Balaban J connectivity index is 1.35. The Morgan fingerprint density at radius 2 is 1.84 bits per heavy atom. The molecule has 0 aromatic heterocycles. The standard InChI is InChI=1S/C19H23ClN2O2S/c20-14-3-4-17-15(11-14)16(7-10-25-17)21-18(23)12-5-8-22(9-6-12)19(24)13-1-2-13/h3-4,11-13,16H,1-2,5-10H2,(H,21,23)/t16-/m0/s1. The van der Waals surface area contributed by atoms with Crippen LogP contribution < -0.4 is 5.32 Å². The number of fused-ring (bicyclic) bond motifs is 1. The molecule has 25 heavy (non-hydrogen) atoms. The summed E-state index contributed by atoms with van der Waals surface area (Å²) in [6.07, 6.45) is 4.56. The average Bonchev–Trinajstić information content (AvgIpc) is 3.47. The summed E-state index contributed by atoms with van der Waals surface area (Å²) in [6.45, 7) is 1.44. The first-order valence-corrected chi connectivity index (χ1v) is 10.5. The van der Waals surface area contributed by atoms with Crippen LogP contribution in [-0.4, -0.2) is 35.6 Å². The number of carbonyl (C=O) groups excluding carboxylic acids is 2. The van der Waals surface area contributed by atoms with Crippen molar-refractivity contribution in [2.75, 3.05) is 18.8 Å². The first-order chi connectivity index (χ1) is 12.1. The van der Waals surface area contributed by atoms with E-state index in [4.69, 9.17) is 11.6 Å². The van der Waals surface area contributed by atoms with Gasteiger partial charge in [-0.05, 0) is 55.9 Å². The topological polar surface area (TPSA) is 49.4 Å². The number of hydrogen-bond acceptors (Lipinski definition) is 3. The zero-order valence-electron chi connectivity index (χ0n) is 14.2. The Labute approximate surface area is 157 Å². The number of rotatable bonds is 3. The molecule has 0 radical (unpaired) electrons. The Bertz CT molecular complexity index is 684. The summed E-state index contributed by atoms with van der Waals surface area (Å²) >= 11 is 7.97. The molecule has 0 spiro atoms. The molecule has 2 heterocycles. The van der Waals surface area contributed by atoms with E-state index in [1.54, 1.807) is 0 Å². The summed E-state index contributed by atoms with van der Waals surface area (Å²) < 4.78 is 0. The van der Waals surface area contributed by atoms with E-state index in [1.807, 2.05) is 34.9 Å². The van der Waals surface area contributed by atoms with Gasteiger partial charge in [0.15, 0.2) is 0 Å². The number of hydrogen-bond donors (Lipinski definition) is 1. The van der Waals surface area contributed by atoms with Crippen molar-refractivity contribution in [1.29, 1.82) is 0 Å². The summed E-state index contributed by atoms with van der Waals surface area (Å²) in [5.41, 5.74) is 1.14. The maximum absolute atomic E-state index is 12.7. The van der Waals surface area contributed by atoms with Gasteiger partial charge in [0.25, 0.3) is 0 Å². The van der Waals surface area contributed by atoms with E-state index in [9.17, 15) is 9.59 Å². The van der Waals surface area contributed by atoms with E-state index in [0.29, 0.717) is 10.9 Å². The smallest absolute Gasteiger partial charge is 0.225 e. The van der Waals surface area contributed by atoms with Gasteiger partial charge in [0, 0.05) is 40.6 Å². The number of benzene rings is 1. The molecule has 134 valence electrons. The normalized spacial score (nSPS) is 23.9. The molecule has 4 rings (SSSR count). The fourth-order valence-corrected chi connectivity index (χ4v) is 5.04. The van der Waals surface area contributed by atoms with Gasteiger partial charge < -0.3 is 10.2 Å².